The number of hydrogen-bond acceptors (Lipinski definition) is 3. The monoisotopic (exact) mass is 209 g/mol. The lowest BCUT2D eigenvalue weighted by Gasteiger charge is -2.10. The molecule has 1 fully saturated rings. The summed E-state index contributed by atoms with van der Waals surface area (Å²) in [5, 5.41) is 7.69. The fraction of sp³-hybridized carbons (Fsp3) is 0.727. The van der Waals surface area contributed by atoms with Gasteiger partial charge in [-0.05, 0) is 32.9 Å². The lowest BCUT2D eigenvalue weighted by atomic mass is 10.3. The molecule has 1 N–H and O–H groups in total. The summed E-state index contributed by atoms with van der Waals surface area (Å²) in [4.78, 5) is 0. The minimum absolute atomic E-state index is 0.380. The molecular weight excluding hydrogens is 190 g/mol. The largest absolute Gasteiger partial charge is 0.371 e. The van der Waals surface area contributed by atoms with Gasteiger partial charge in [-0.25, -0.2) is 0 Å². The standard InChI is InChI=1S/C11H19N3O/c1-3-14-10(6-9(2)13-14)8-15-11-4-5-12-7-11/h6,11-12H,3-5,7-8H2,1-2H3. The summed E-state index contributed by atoms with van der Waals surface area (Å²) in [7, 11) is 0. The Morgan fingerprint density at radius 3 is 3.20 bits per heavy atom. The third-order valence-corrected chi connectivity index (χ3v) is 2.77. The van der Waals surface area contributed by atoms with Crippen molar-refractivity contribution in [3.63, 3.8) is 0 Å². The van der Waals surface area contributed by atoms with Gasteiger partial charge in [-0.2, -0.15) is 5.10 Å². The zero-order valence-electron chi connectivity index (χ0n) is 9.49. The van der Waals surface area contributed by atoms with Crippen LogP contribution in [0.3, 0.4) is 0 Å². The van der Waals surface area contributed by atoms with E-state index in [1.54, 1.807) is 0 Å². The number of nitrogens with zero attached hydrogens (tertiary/aromatic N) is 2. The normalized spacial score (nSPS) is 21.1. The van der Waals surface area contributed by atoms with Crippen LogP contribution < -0.4 is 5.32 Å². The average molecular weight is 209 g/mol. The zero-order chi connectivity index (χ0) is 10.7. The molecule has 0 bridgehead atoms. The number of aromatic nitrogens is 2. The van der Waals surface area contributed by atoms with E-state index in [-0.39, 0.29) is 0 Å². The van der Waals surface area contributed by atoms with Crippen molar-refractivity contribution in [2.45, 2.75) is 39.5 Å². The highest BCUT2D eigenvalue weighted by Crippen LogP contribution is 2.10. The van der Waals surface area contributed by atoms with Crippen LogP contribution in [0, 0.1) is 6.92 Å². The molecule has 1 aromatic heterocycles. The molecule has 84 valence electrons. The van der Waals surface area contributed by atoms with E-state index in [0.29, 0.717) is 12.7 Å². The summed E-state index contributed by atoms with van der Waals surface area (Å²) in [6.45, 7) is 7.78. The van der Waals surface area contributed by atoms with E-state index in [2.05, 4.69) is 23.4 Å². The number of ether oxygens (including phenoxy) is 1. The molecule has 4 nitrogen and oxygen atoms in total. The molecule has 1 aliphatic heterocycles. The molecule has 0 aromatic carbocycles. The van der Waals surface area contributed by atoms with Gasteiger partial charge in [0.1, 0.15) is 0 Å². The molecule has 0 spiro atoms. The molecular formula is C11H19N3O. The first-order chi connectivity index (χ1) is 7.29. The van der Waals surface area contributed by atoms with Crippen molar-refractivity contribution in [1.29, 1.82) is 0 Å². The van der Waals surface area contributed by atoms with Crippen molar-refractivity contribution in [3.05, 3.63) is 17.5 Å². The fourth-order valence-electron chi connectivity index (χ4n) is 1.96. The summed E-state index contributed by atoms with van der Waals surface area (Å²) in [6, 6.07) is 2.10. The van der Waals surface area contributed by atoms with Gasteiger partial charge in [0.05, 0.1) is 24.1 Å². The maximum atomic E-state index is 5.82. The second-order valence-electron chi connectivity index (χ2n) is 4.02. The van der Waals surface area contributed by atoms with Crippen LogP contribution in [0.5, 0.6) is 0 Å². The Kier molecular flexibility index (Phi) is 3.38. The summed E-state index contributed by atoms with van der Waals surface area (Å²) >= 11 is 0. The van der Waals surface area contributed by atoms with Crippen LogP contribution in [0.25, 0.3) is 0 Å². The summed E-state index contributed by atoms with van der Waals surface area (Å²) in [5.74, 6) is 0. The van der Waals surface area contributed by atoms with E-state index in [0.717, 1.165) is 31.7 Å². The van der Waals surface area contributed by atoms with Crippen LogP contribution in [0.2, 0.25) is 0 Å². The first-order valence-corrected chi connectivity index (χ1v) is 5.65. The van der Waals surface area contributed by atoms with Crippen LogP contribution in [-0.4, -0.2) is 29.0 Å². The second kappa shape index (κ2) is 4.77. The van der Waals surface area contributed by atoms with Crippen LogP contribution in [0.1, 0.15) is 24.7 Å². The highest BCUT2D eigenvalue weighted by atomic mass is 16.5. The minimum atomic E-state index is 0.380. The van der Waals surface area contributed by atoms with Crippen molar-refractivity contribution < 1.29 is 4.74 Å². The first kappa shape index (κ1) is 10.6. The molecule has 1 unspecified atom stereocenters. The van der Waals surface area contributed by atoms with E-state index in [1.807, 2.05) is 11.6 Å². The molecule has 15 heavy (non-hydrogen) atoms. The molecule has 1 aliphatic rings. The Bertz CT molecular complexity index is 316. The van der Waals surface area contributed by atoms with E-state index in [9.17, 15) is 0 Å². The Labute approximate surface area is 90.6 Å². The Morgan fingerprint density at radius 2 is 2.53 bits per heavy atom. The number of aryl methyl sites for hydroxylation is 2. The molecule has 1 saturated heterocycles. The van der Waals surface area contributed by atoms with Crippen molar-refractivity contribution in [2.75, 3.05) is 13.1 Å². The van der Waals surface area contributed by atoms with Gasteiger partial charge in [0, 0.05) is 13.1 Å². The van der Waals surface area contributed by atoms with Crippen molar-refractivity contribution in [3.8, 4) is 0 Å². The molecule has 0 aliphatic carbocycles. The average Bonchev–Trinajstić information content (AvgIpc) is 2.83. The molecule has 2 heterocycles. The molecule has 1 aromatic rings. The molecule has 0 amide bonds. The fourth-order valence-corrected chi connectivity index (χ4v) is 1.96. The van der Waals surface area contributed by atoms with Crippen molar-refractivity contribution in [2.24, 2.45) is 0 Å². The third kappa shape index (κ3) is 2.58. The lowest BCUT2D eigenvalue weighted by Crippen LogP contribution is -2.17. The summed E-state index contributed by atoms with van der Waals surface area (Å²) in [6.07, 6.45) is 1.50. The van der Waals surface area contributed by atoms with Gasteiger partial charge in [-0.1, -0.05) is 0 Å². The maximum absolute atomic E-state index is 5.82. The van der Waals surface area contributed by atoms with Crippen LogP contribution in [0.4, 0.5) is 0 Å². The second-order valence-corrected chi connectivity index (χ2v) is 4.02. The van der Waals surface area contributed by atoms with E-state index < -0.39 is 0 Å². The van der Waals surface area contributed by atoms with Crippen molar-refractivity contribution >= 4 is 0 Å². The molecule has 2 rings (SSSR count). The van der Waals surface area contributed by atoms with Gasteiger partial charge < -0.3 is 10.1 Å². The topological polar surface area (TPSA) is 39.1 Å². The molecule has 1 atom stereocenters. The van der Waals surface area contributed by atoms with Gasteiger partial charge in [-0.15, -0.1) is 0 Å². The van der Waals surface area contributed by atoms with Crippen LogP contribution in [0.15, 0.2) is 6.07 Å². The lowest BCUT2D eigenvalue weighted by molar-refractivity contribution is 0.0500. The first-order valence-electron chi connectivity index (χ1n) is 5.65. The highest BCUT2D eigenvalue weighted by molar-refractivity contribution is 5.07. The van der Waals surface area contributed by atoms with Crippen LogP contribution in [-0.2, 0) is 17.9 Å². The minimum Gasteiger partial charge on any atom is -0.371 e. The molecule has 0 radical (unpaired) electrons. The Morgan fingerprint density at radius 1 is 1.67 bits per heavy atom. The van der Waals surface area contributed by atoms with Gasteiger partial charge in [0.15, 0.2) is 0 Å². The summed E-state index contributed by atoms with van der Waals surface area (Å²) in [5.41, 5.74) is 2.25. The third-order valence-electron chi connectivity index (χ3n) is 2.77. The number of nitrogens with one attached hydrogen (secondary N) is 1. The van der Waals surface area contributed by atoms with E-state index in [1.165, 1.54) is 5.69 Å². The number of hydrogen-bond donors (Lipinski definition) is 1. The van der Waals surface area contributed by atoms with Gasteiger partial charge >= 0.3 is 0 Å². The van der Waals surface area contributed by atoms with E-state index >= 15 is 0 Å². The zero-order valence-corrected chi connectivity index (χ0v) is 9.49. The predicted molar refractivity (Wildman–Crippen MR) is 58.7 cm³/mol. The predicted octanol–water partition coefficient (Wildman–Crippen LogP) is 1.09. The highest BCUT2D eigenvalue weighted by Gasteiger charge is 2.15. The van der Waals surface area contributed by atoms with Gasteiger partial charge in [0.2, 0.25) is 0 Å². The van der Waals surface area contributed by atoms with Crippen molar-refractivity contribution in [1.82, 2.24) is 15.1 Å². The Balaban J connectivity index is 1.91. The summed E-state index contributed by atoms with van der Waals surface area (Å²) < 4.78 is 7.83. The number of rotatable bonds is 4. The van der Waals surface area contributed by atoms with Gasteiger partial charge in [0.25, 0.3) is 0 Å². The SMILES string of the molecule is CCn1nc(C)cc1COC1CCNC1. The van der Waals surface area contributed by atoms with E-state index in [4.69, 9.17) is 4.74 Å². The quantitative estimate of drug-likeness (QED) is 0.807. The van der Waals surface area contributed by atoms with Gasteiger partial charge in [-0.3, -0.25) is 4.68 Å². The molecule has 4 heteroatoms. The smallest absolute Gasteiger partial charge is 0.0889 e. The maximum Gasteiger partial charge on any atom is 0.0889 e. The molecule has 0 saturated carbocycles. The van der Waals surface area contributed by atoms with Crippen LogP contribution >= 0.6 is 0 Å². The Hall–Kier alpha value is -0.870.